The van der Waals surface area contributed by atoms with Gasteiger partial charge in [0, 0.05) is 24.3 Å². The summed E-state index contributed by atoms with van der Waals surface area (Å²) in [7, 11) is 1.44. The number of aliphatic imine (C=N–C) groups is 1. The van der Waals surface area contributed by atoms with Crippen LogP contribution in [0.1, 0.15) is 52.4 Å². The molecular formula is C16H32IN3O2S. The number of rotatable bonds is 9. The van der Waals surface area contributed by atoms with Gasteiger partial charge in [-0.05, 0) is 45.3 Å². The summed E-state index contributed by atoms with van der Waals surface area (Å²) in [5, 5.41) is 6.67. The molecule has 1 unspecified atom stereocenters. The van der Waals surface area contributed by atoms with Gasteiger partial charge in [-0.25, -0.2) is 0 Å². The topological polar surface area (TPSA) is 62.7 Å². The molecule has 7 heteroatoms. The third kappa shape index (κ3) is 10.3. The van der Waals surface area contributed by atoms with Crippen molar-refractivity contribution in [2.75, 3.05) is 32.5 Å². The first-order valence-corrected chi connectivity index (χ1v) is 9.31. The third-order valence-electron chi connectivity index (χ3n) is 3.79. The van der Waals surface area contributed by atoms with E-state index in [1.807, 2.05) is 11.8 Å². The third-order valence-corrected chi connectivity index (χ3v) is 5.32. The molecule has 0 aromatic heterocycles. The molecule has 23 heavy (non-hydrogen) atoms. The number of carbonyl (C=O) groups excluding carboxylic acids is 1. The van der Waals surface area contributed by atoms with Gasteiger partial charge in [0.1, 0.15) is 0 Å². The predicted molar refractivity (Wildman–Crippen MR) is 110 cm³/mol. The highest BCUT2D eigenvalue weighted by molar-refractivity contribution is 14.0. The largest absolute Gasteiger partial charge is 0.469 e. The van der Waals surface area contributed by atoms with Gasteiger partial charge in [0.05, 0.1) is 13.7 Å². The summed E-state index contributed by atoms with van der Waals surface area (Å²) in [5.74, 6) is 2.05. The normalized spacial score (nSPS) is 20.7. The van der Waals surface area contributed by atoms with Crippen LogP contribution in [-0.4, -0.2) is 49.2 Å². The van der Waals surface area contributed by atoms with Crippen molar-refractivity contribution < 1.29 is 9.53 Å². The van der Waals surface area contributed by atoms with Crippen LogP contribution in [0.25, 0.3) is 0 Å². The van der Waals surface area contributed by atoms with Crippen LogP contribution in [0.5, 0.6) is 0 Å². The first-order valence-electron chi connectivity index (χ1n) is 8.32. The number of thioether (sulfide) groups is 1. The molecule has 0 saturated carbocycles. The molecule has 1 heterocycles. The van der Waals surface area contributed by atoms with E-state index in [0.717, 1.165) is 44.9 Å². The van der Waals surface area contributed by atoms with Crippen molar-refractivity contribution in [3.63, 3.8) is 0 Å². The maximum Gasteiger partial charge on any atom is 0.305 e. The van der Waals surface area contributed by atoms with Gasteiger partial charge in [0.2, 0.25) is 0 Å². The molecule has 1 rings (SSSR count). The quantitative estimate of drug-likeness (QED) is 0.183. The number of halogens is 1. The zero-order valence-corrected chi connectivity index (χ0v) is 17.8. The fourth-order valence-corrected chi connectivity index (χ4v) is 3.66. The van der Waals surface area contributed by atoms with Crippen molar-refractivity contribution in [1.82, 2.24) is 10.6 Å². The highest BCUT2D eigenvalue weighted by atomic mass is 127. The Morgan fingerprint density at radius 3 is 2.70 bits per heavy atom. The molecule has 0 aromatic rings. The van der Waals surface area contributed by atoms with Gasteiger partial charge in [-0.1, -0.05) is 6.42 Å². The monoisotopic (exact) mass is 457 g/mol. The van der Waals surface area contributed by atoms with Gasteiger partial charge < -0.3 is 15.4 Å². The van der Waals surface area contributed by atoms with E-state index in [-0.39, 0.29) is 29.9 Å². The molecule has 1 aliphatic heterocycles. The first-order chi connectivity index (χ1) is 10.6. The average molecular weight is 457 g/mol. The molecule has 136 valence electrons. The number of hydrogen-bond acceptors (Lipinski definition) is 4. The summed E-state index contributed by atoms with van der Waals surface area (Å²) < 4.78 is 4.94. The molecule has 1 aliphatic rings. The van der Waals surface area contributed by atoms with Crippen LogP contribution in [0, 0.1) is 0 Å². The number of carbonyl (C=O) groups is 1. The number of esters is 1. The molecule has 0 spiro atoms. The van der Waals surface area contributed by atoms with E-state index >= 15 is 0 Å². The zero-order chi connectivity index (χ0) is 16.3. The van der Waals surface area contributed by atoms with E-state index in [9.17, 15) is 4.79 Å². The van der Waals surface area contributed by atoms with Crippen LogP contribution < -0.4 is 10.6 Å². The number of hydrogen-bond donors (Lipinski definition) is 2. The zero-order valence-electron chi connectivity index (χ0n) is 14.7. The Kier molecular flexibility index (Phi) is 13.0. The van der Waals surface area contributed by atoms with Crippen molar-refractivity contribution in [2.24, 2.45) is 4.99 Å². The van der Waals surface area contributed by atoms with Crippen LogP contribution >= 0.6 is 35.7 Å². The summed E-state index contributed by atoms with van der Waals surface area (Å²) in [5.41, 5.74) is 0. The fraction of sp³-hybridized carbons (Fsp3) is 0.875. The Morgan fingerprint density at radius 1 is 1.30 bits per heavy atom. The van der Waals surface area contributed by atoms with Crippen LogP contribution in [0.15, 0.2) is 4.99 Å². The van der Waals surface area contributed by atoms with Crippen molar-refractivity contribution in [2.45, 2.75) is 57.1 Å². The molecule has 5 nitrogen and oxygen atoms in total. The van der Waals surface area contributed by atoms with Crippen molar-refractivity contribution >= 4 is 47.7 Å². The number of nitrogens with zero attached hydrogens (tertiary/aromatic N) is 1. The molecule has 2 N–H and O–H groups in total. The van der Waals surface area contributed by atoms with Gasteiger partial charge in [-0.15, -0.1) is 24.0 Å². The lowest BCUT2D eigenvalue weighted by Gasteiger charge is -2.21. The van der Waals surface area contributed by atoms with E-state index in [2.05, 4.69) is 29.2 Å². The lowest BCUT2D eigenvalue weighted by molar-refractivity contribution is -0.140. The number of unbranched alkanes of at least 4 members (excludes halogenated alkanes) is 2. The lowest BCUT2D eigenvalue weighted by Crippen LogP contribution is -2.39. The van der Waals surface area contributed by atoms with E-state index in [1.54, 1.807) is 0 Å². The fourth-order valence-electron chi connectivity index (χ4n) is 2.43. The van der Waals surface area contributed by atoms with Gasteiger partial charge in [0.15, 0.2) is 5.96 Å². The lowest BCUT2D eigenvalue weighted by atomic mass is 10.1. The smallest absolute Gasteiger partial charge is 0.305 e. The minimum absolute atomic E-state index is 0. The maximum absolute atomic E-state index is 11.0. The second-order valence-electron chi connectivity index (χ2n) is 5.91. The number of guanidine groups is 1. The molecule has 1 fully saturated rings. The predicted octanol–water partition coefficient (Wildman–Crippen LogP) is 3.18. The van der Waals surface area contributed by atoms with Crippen molar-refractivity contribution in [3.8, 4) is 0 Å². The van der Waals surface area contributed by atoms with Gasteiger partial charge >= 0.3 is 5.97 Å². The van der Waals surface area contributed by atoms with Crippen molar-refractivity contribution in [1.29, 1.82) is 0 Å². The summed E-state index contributed by atoms with van der Waals surface area (Å²) in [6.07, 6.45) is 6.02. The molecular weight excluding hydrogens is 425 g/mol. The Bertz CT molecular complexity index is 361. The van der Waals surface area contributed by atoms with Crippen LogP contribution in [0.3, 0.4) is 0 Å². The SMILES string of the molecule is CCNC(=NCC1(C)CCCS1)NCCCCCC(=O)OC.I. The van der Waals surface area contributed by atoms with E-state index in [1.165, 1.54) is 25.7 Å². The molecule has 0 amide bonds. The van der Waals surface area contributed by atoms with Crippen LogP contribution in [0.4, 0.5) is 0 Å². The Labute approximate surface area is 162 Å². The molecule has 0 aliphatic carbocycles. The van der Waals surface area contributed by atoms with E-state index in [4.69, 9.17) is 4.99 Å². The second-order valence-corrected chi connectivity index (χ2v) is 7.59. The highest BCUT2D eigenvalue weighted by Gasteiger charge is 2.29. The van der Waals surface area contributed by atoms with Gasteiger partial charge in [-0.3, -0.25) is 9.79 Å². The second kappa shape index (κ2) is 13.1. The summed E-state index contributed by atoms with van der Waals surface area (Å²) in [6.45, 7) is 7.02. The number of ether oxygens (including phenoxy) is 1. The molecule has 1 atom stereocenters. The van der Waals surface area contributed by atoms with Crippen LogP contribution in [-0.2, 0) is 9.53 Å². The maximum atomic E-state index is 11.0. The standard InChI is InChI=1S/C16H31N3O2S.HI/c1-4-17-15(19-13-16(2)10-8-12-22-16)18-11-7-5-6-9-14(20)21-3;/h4-13H2,1-3H3,(H2,17,18,19);1H. The molecule has 0 bridgehead atoms. The van der Waals surface area contributed by atoms with Crippen molar-refractivity contribution in [3.05, 3.63) is 0 Å². The first kappa shape index (κ1) is 22.8. The minimum atomic E-state index is -0.120. The van der Waals surface area contributed by atoms with E-state index < -0.39 is 0 Å². The summed E-state index contributed by atoms with van der Waals surface area (Å²) in [6, 6.07) is 0. The number of nitrogens with one attached hydrogen (secondary N) is 2. The van der Waals surface area contributed by atoms with Gasteiger partial charge in [0.25, 0.3) is 0 Å². The summed E-state index contributed by atoms with van der Waals surface area (Å²) >= 11 is 2.04. The highest BCUT2D eigenvalue weighted by Crippen LogP contribution is 2.37. The molecule has 0 aromatic carbocycles. The molecule has 0 radical (unpaired) electrons. The minimum Gasteiger partial charge on any atom is -0.469 e. The summed E-state index contributed by atoms with van der Waals surface area (Å²) in [4.78, 5) is 15.7. The number of methoxy groups -OCH3 is 1. The molecule has 1 saturated heterocycles. The Balaban J connectivity index is 0.00000484. The Hall–Kier alpha value is -0.180. The Morgan fingerprint density at radius 2 is 2.09 bits per heavy atom. The van der Waals surface area contributed by atoms with Gasteiger partial charge in [-0.2, -0.15) is 11.8 Å². The van der Waals surface area contributed by atoms with E-state index in [0.29, 0.717) is 11.2 Å². The average Bonchev–Trinajstić information content (AvgIpc) is 2.95. The van der Waals surface area contributed by atoms with Crippen LogP contribution in [0.2, 0.25) is 0 Å².